The lowest BCUT2D eigenvalue weighted by Crippen LogP contribution is -2.44. The second-order valence-corrected chi connectivity index (χ2v) is 10.9. The van der Waals surface area contributed by atoms with Crippen LogP contribution in [0.4, 0.5) is 0 Å². The van der Waals surface area contributed by atoms with E-state index in [1.54, 1.807) is 0 Å². The summed E-state index contributed by atoms with van der Waals surface area (Å²) in [6.45, 7) is 13.9. The number of hydrogen-bond donors (Lipinski definition) is 0. The van der Waals surface area contributed by atoms with Crippen molar-refractivity contribution in [3.05, 3.63) is 12.2 Å². The van der Waals surface area contributed by atoms with Gasteiger partial charge in [-0.3, -0.25) is 0 Å². The maximum atomic E-state index is 6.44. The van der Waals surface area contributed by atoms with Crippen LogP contribution in [0.2, 0.25) is 18.1 Å². The number of hydrogen-bond acceptors (Lipinski definition) is 1. The van der Waals surface area contributed by atoms with E-state index in [-0.39, 0.29) is 0 Å². The van der Waals surface area contributed by atoms with Crippen molar-refractivity contribution in [2.75, 3.05) is 0 Å². The van der Waals surface area contributed by atoms with Crippen LogP contribution in [0, 0.1) is 5.92 Å². The Bertz CT molecular complexity index is 237. The van der Waals surface area contributed by atoms with Gasteiger partial charge in [-0.15, -0.1) is 0 Å². The summed E-state index contributed by atoms with van der Waals surface area (Å²) < 4.78 is 6.44. The molecule has 1 aliphatic rings. The van der Waals surface area contributed by atoms with Crippen LogP contribution in [0.25, 0.3) is 0 Å². The fourth-order valence-corrected chi connectivity index (χ4v) is 3.16. The summed E-state index contributed by atoms with van der Waals surface area (Å²) in [7, 11) is -1.57. The van der Waals surface area contributed by atoms with E-state index in [0.29, 0.717) is 17.1 Å². The minimum absolute atomic E-state index is 0.327. The van der Waals surface area contributed by atoms with Crippen molar-refractivity contribution >= 4 is 8.32 Å². The third-order valence-corrected chi connectivity index (χ3v) is 8.46. The first kappa shape index (κ1) is 13.0. The first-order valence-electron chi connectivity index (χ1n) is 6.12. The zero-order valence-corrected chi connectivity index (χ0v) is 12.1. The van der Waals surface area contributed by atoms with Gasteiger partial charge in [0.25, 0.3) is 0 Å². The van der Waals surface area contributed by atoms with Gasteiger partial charge in [-0.1, -0.05) is 39.8 Å². The largest absolute Gasteiger partial charge is 0.413 e. The quantitative estimate of drug-likeness (QED) is 0.513. The van der Waals surface area contributed by atoms with Gasteiger partial charge in [0.15, 0.2) is 8.32 Å². The molecule has 0 aromatic carbocycles. The third kappa shape index (κ3) is 2.94. The molecule has 0 amide bonds. The molecule has 1 aliphatic carbocycles. The van der Waals surface area contributed by atoms with Crippen LogP contribution in [-0.4, -0.2) is 14.4 Å². The smallest absolute Gasteiger partial charge is 0.192 e. The summed E-state index contributed by atoms with van der Waals surface area (Å²) in [5.74, 6) is 0.652. The van der Waals surface area contributed by atoms with Gasteiger partial charge in [0, 0.05) is 5.92 Å². The van der Waals surface area contributed by atoms with Gasteiger partial charge >= 0.3 is 0 Å². The Balaban J connectivity index is 2.62. The Labute approximate surface area is 96.0 Å². The van der Waals surface area contributed by atoms with E-state index in [2.05, 4.69) is 52.9 Å². The van der Waals surface area contributed by atoms with Gasteiger partial charge in [0.1, 0.15) is 0 Å². The highest BCUT2D eigenvalue weighted by atomic mass is 28.4. The summed E-state index contributed by atoms with van der Waals surface area (Å²) in [6.07, 6.45) is 7.39. The van der Waals surface area contributed by atoms with Crippen molar-refractivity contribution in [1.82, 2.24) is 0 Å². The van der Waals surface area contributed by atoms with Crippen LogP contribution in [0.15, 0.2) is 12.2 Å². The van der Waals surface area contributed by atoms with Crippen LogP contribution in [0.5, 0.6) is 0 Å². The lowest BCUT2D eigenvalue weighted by Gasteiger charge is -2.39. The summed E-state index contributed by atoms with van der Waals surface area (Å²) in [5, 5.41) is 0.327. The first-order chi connectivity index (χ1) is 6.78. The van der Waals surface area contributed by atoms with Crippen LogP contribution >= 0.6 is 0 Å². The maximum absolute atomic E-state index is 6.44. The molecule has 0 saturated heterocycles. The highest BCUT2D eigenvalue weighted by molar-refractivity contribution is 6.74. The molecule has 0 spiro atoms. The SMILES string of the molecule is CC[C@@H]1C=CC[C@@H]1O[Si](C)(C)C(C)(C)C. The summed E-state index contributed by atoms with van der Waals surface area (Å²) in [5.41, 5.74) is 0. The van der Waals surface area contributed by atoms with Crippen molar-refractivity contribution in [3.8, 4) is 0 Å². The van der Waals surface area contributed by atoms with Gasteiger partial charge in [0.05, 0.1) is 6.10 Å². The van der Waals surface area contributed by atoms with Gasteiger partial charge in [-0.2, -0.15) is 0 Å². The lowest BCUT2D eigenvalue weighted by molar-refractivity contribution is 0.149. The minimum atomic E-state index is -1.57. The van der Waals surface area contributed by atoms with Crippen molar-refractivity contribution in [2.24, 2.45) is 5.92 Å². The predicted octanol–water partition coefficient (Wildman–Crippen LogP) is 4.36. The summed E-state index contributed by atoms with van der Waals surface area (Å²) in [6, 6.07) is 0. The Morgan fingerprint density at radius 2 is 1.93 bits per heavy atom. The molecule has 0 aromatic heterocycles. The molecule has 0 heterocycles. The van der Waals surface area contributed by atoms with Crippen LogP contribution in [0.3, 0.4) is 0 Å². The molecular weight excluding hydrogens is 200 g/mol. The van der Waals surface area contributed by atoms with E-state index in [1.807, 2.05) is 0 Å². The second kappa shape index (κ2) is 4.42. The first-order valence-corrected chi connectivity index (χ1v) is 9.03. The van der Waals surface area contributed by atoms with E-state index in [0.717, 1.165) is 6.42 Å². The van der Waals surface area contributed by atoms with Gasteiger partial charge in [-0.05, 0) is 31.0 Å². The minimum Gasteiger partial charge on any atom is -0.413 e. The van der Waals surface area contributed by atoms with E-state index >= 15 is 0 Å². The Morgan fingerprint density at radius 1 is 1.33 bits per heavy atom. The maximum Gasteiger partial charge on any atom is 0.192 e. The van der Waals surface area contributed by atoms with E-state index in [9.17, 15) is 0 Å². The molecule has 1 rings (SSSR count). The molecule has 15 heavy (non-hydrogen) atoms. The predicted molar refractivity (Wildman–Crippen MR) is 69.6 cm³/mol. The molecular formula is C13H26OSi. The molecule has 2 atom stereocenters. The average molecular weight is 226 g/mol. The second-order valence-electron chi connectivity index (χ2n) is 6.15. The van der Waals surface area contributed by atoms with E-state index in [4.69, 9.17) is 4.43 Å². The molecule has 2 heteroatoms. The normalized spacial score (nSPS) is 27.3. The Hall–Kier alpha value is -0.0831. The van der Waals surface area contributed by atoms with Gasteiger partial charge in [0.2, 0.25) is 0 Å². The molecule has 0 N–H and O–H groups in total. The van der Waals surface area contributed by atoms with Crippen molar-refractivity contribution in [2.45, 2.75) is 64.8 Å². The summed E-state index contributed by atoms with van der Waals surface area (Å²) in [4.78, 5) is 0. The third-order valence-electron chi connectivity index (χ3n) is 3.95. The topological polar surface area (TPSA) is 9.23 Å². The van der Waals surface area contributed by atoms with Crippen molar-refractivity contribution in [3.63, 3.8) is 0 Å². The molecule has 88 valence electrons. The van der Waals surface area contributed by atoms with Crippen molar-refractivity contribution < 1.29 is 4.43 Å². The summed E-state index contributed by atoms with van der Waals surface area (Å²) >= 11 is 0. The highest BCUT2D eigenvalue weighted by Crippen LogP contribution is 2.39. The van der Waals surface area contributed by atoms with E-state index < -0.39 is 8.32 Å². The molecule has 0 radical (unpaired) electrons. The molecule has 0 aliphatic heterocycles. The fraction of sp³-hybridized carbons (Fsp3) is 0.846. The van der Waals surface area contributed by atoms with Gasteiger partial charge < -0.3 is 4.43 Å². The Kier molecular flexibility index (Phi) is 3.83. The fourth-order valence-electron chi connectivity index (χ4n) is 1.78. The van der Waals surface area contributed by atoms with Gasteiger partial charge in [-0.25, -0.2) is 0 Å². The van der Waals surface area contributed by atoms with Crippen molar-refractivity contribution in [1.29, 1.82) is 0 Å². The number of rotatable bonds is 3. The van der Waals surface area contributed by atoms with E-state index in [1.165, 1.54) is 6.42 Å². The molecule has 0 saturated carbocycles. The lowest BCUT2D eigenvalue weighted by atomic mass is 10.0. The molecule has 1 nitrogen and oxygen atoms in total. The molecule has 0 aromatic rings. The molecule has 0 unspecified atom stereocenters. The molecule has 0 bridgehead atoms. The monoisotopic (exact) mass is 226 g/mol. The van der Waals surface area contributed by atoms with Crippen LogP contribution < -0.4 is 0 Å². The Morgan fingerprint density at radius 3 is 2.40 bits per heavy atom. The average Bonchev–Trinajstić information content (AvgIpc) is 2.48. The molecule has 0 fully saturated rings. The highest BCUT2D eigenvalue weighted by Gasteiger charge is 2.40. The zero-order chi connectivity index (χ0) is 11.7. The van der Waals surface area contributed by atoms with Crippen LogP contribution in [-0.2, 0) is 4.43 Å². The van der Waals surface area contributed by atoms with Crippen LogP contribution in [0.1, 0.15) is 40.5 Å². The zero-order valence-electron chi connectivity index (χ0n) is 11.1. The standard InChI is InChI=1S/C13H26OSi/c1-7-11-9-8-10-12(11)14-15(5,6)13(2,3)4/h8-9,11-12H,7,10H2,1-6H3/t11-,12+/m1/s1.